The number of benzene rings is 1. The summed E-state index contributed by atoms with van der Waals surface area (Å²) in [6.45, 7) is 0.509. The second kappa shape index (κ2) is 3.39. The van der Waals surface area contributed by atoms with Crippen LogP contribution in [0.5, 0.6) is 5.75 Å². The maximum atomic E-state index is 6.14. The van der Waals surface area contributed by atoms with Gasteiger partial charge in [0.25, 0.3) is 0 Å². The van der Waals surface area contributed by atoms with Gasteiger partial charge in [-0.15, -0.1) is 0 Å². The molecule has 0 unspecified atom stereocenters. The highest BCUT2D eigenvalue weighted by molar-refractivity contribution is 6.33. The van der Waals surface area contributed by atoms with Crippen LogP contribution in [0.15, 0.2) is 30.6 Å². The van der Waals surface area contributed by atoms with E-state index in [9.17, 15) is 0 Å². The Kier molecular flexibility index (Phi) is 2.01. The highest BCUT2D eigenvalue weighted by Gasteiger charge is 2.20. The number of aromatic nitrogens is 1. The van der Waals surface area contributed by atoms with Crippen LogP contribution in [0.2, 0.25) is 5.02 Å². The van der Waals surface area contributed by atoms with E-state index < -0.39 is 0 Å². The number of fused-ring (bicyclic) bond motifs is 3. The first-order valence-electron chi connectivity index (χ1n) is 4.91. The summed E-state index contributed by atoms with van der Waals surface area (Å²) < 4.78 is 5.58. The lowest BCUT2D eigenvalue weighted by Gasteiger charge is -2.21. The molecule has 3 rings (SSSR count). The summed E-state index contributed by atoms with van der Waals surface area (Å²) in [4.78, 5) is 4.01. The number of ether oxygens (including phenoxy) is 1. The van der Waals surface area contributed by atoms with Gasteiger partial charge >= 0.3 is 0 Å². The summed E-state index contributed by atoms with van der Waals surface area (Å²) in [7, 11) is 0. The van der Waals surface area contributed by atoms with Gasteiger partial charge in [0.1, 0.15) is 12.4 Å². The first-order valence-corrected chi connectivity index (χ1v) is 5.28. The van der Waals surface area contributed by atoms with E-state index in [0.717, 1.165) is 28.1 Å². The monoisotopic (exact) mass is 232 g/mol. The molecule has 0 saturated heterocycles. The van der Waals surface area contributed by atoms with Crippen molar-refractivity contribution in [2.75, 3.05) is 5.73 Å². The molecular formula is C12H9ClN2O. The fourth-order valence-electron chi connectivity index (χ4n) is 1.92. The summed E-state index contributed by atoms with van der Waals surface area (Å²) in [5.41, 5.74) is 9.50. The van der Waals surface area contributed by atoms with Gasteiger partial charge in [-0.3, -0.25) is 4.98 Å². The van der Waals surface area contributed by atoms with Crippen LogP contribution < -0.4 is 10.5 Å². The van der Waals surface area contributed by atoms with E-state index >= 15 is 0 Å². The fourth-order valence-corrected chi connectivity index (χ4v) is 2.17. The number of rotatable bonds is 0. The summed E-state index contributed by atoms with van der Waals surface area (Å²) in [5, 5.41) is 0.600. The molecule has 0 atom stereocenters. The molecule has 1 aliphatic rings. The van der Waals surface area contributed by atoms with Crippen molar-refractivity contribution in [2.45, 2.75) is 6.61 Å². The van der Waals surface area contributed by atoms with Crippen LogP contribution in [0, 0.1) is 0 Å². The van der Waals surface area contributed by atoms with Crippen molar-refractivity contribution in [3.8, 4) is 16.9 Å². The SMILES string of the molecule is Nc1ccc2c(c1)COc1cncc(Cl)c1-2. The lowest BCUT2D eigenvalue weighted by molar-refractivity contribution is 0.301. The minimum atomic E-state index is 0.509. The third-order valence-electron chi connectivity index (χ3n) is 2.65. The van der Waals surface area contributed by atoms with Crippen molar-refractivity contribution in [3.05, 3.63) is 41.2 Å². The van der Waals surface area contributed by atoms with Gasteiger partial charge in [0, 0.05) is 17.4 Å². The minimum absolute atomic E-state index is 0.509. The molecule has 3 nitrogen and oxygen atoms in total. The molecule has 16 heavy (non-hydrogen) atoms. The minimum Gasteiger partial charge on any atom is -0.487 e. The highest BCUT2D eigenvalue weighted by atomic mass is 35.5. The number of nitrogens with zero attached hydrogens (tertiary/aromatic N) is 1. The van der Waals surface area contributed by atoms with Gasteiger partial charge in [-0.05, 0) is 23.3 Å². The van der Waals surface area contributed by atoms with Crippen LogP contribution in [0.3, 0.4) is 0 Å². The van der Waals surface area contributed by atoms with E-state index in [1.165, 1.54) is 0 Å². The van der Waals surface area contributed by atoms with Gasteiger partial charge in [-0.25, -0.2) is 0 Å². The van der Waals surface area contributed by atoms with Crippen molar-refractivity contribution in [2.24, 2.45) is 0 Å². The third kappa shape index (κ3) is 1.32. The Bertz CT molecular complexity index is 569. The number of nitrogens with two attached hydrogens (primary N) is 1. The standard InChI is InChI=1S/C12H9ClN2O/c13-10-4-15-5-11-12(10)9-2-1-8(14)3-7(9)6-16-11/h1-5H,6,14H2. The Labute approximate surface area is 97.8 Å². The summed E-state index contributed by atoms with van der Waals surface area (Å²) in [6.07, 6.45) is 3.30. The lowest BCUT2D eigenvalue weighted by atomic mass is 9.97. The molecule has 2 heterocycles. The van der Waals surface area contributed by atoms with Gasteiger partial charge < -0.3 is 10.5 Å². The van der Waals surface area contributed by atoms with E-state index in [1.807, 2.05) is 18.2 Å². The lowest BCUT2D eigenvalue weighted by Crippen LogP contribution is -2.06. The zero-order valence-electron chi connectivity index (χ0n) is 8.40. The predicted octanol–water partition coefficient (Wildman–Crippen LogP) is 2.88. The molecule has 0 spiro atoms. The molecule has 0 aliphatic carbocycles. The number of anilines is 1. The molecule has 4 heteroatoms. The van der Waals surface area contributed by atoms with Crippen LogP contribution in [0.1, 0.15) is 5.56 Å². The number of halogens is 1. The molecular weight excluding hydrogens is 224 g/mol. The zero-order chi connectivity index (χ0) is 11.1. The number of hydrogen-bond acceptors (Lipinski definition) is 3. The van der Waals surface area contributed by atoms with Crippen LogP contribution in [-0.2, 0) is 6.61 Å². The normalized spacial score (nSPS) is 12.6. The number of nitrogen functional groups attached to an aromatic ring is 1. The Morgan fingerprint density at radius 2 is 2.19 bits per heavy atom. The fraction of sp³-hybridized carbons (Fsp3) is 0.0833. The maximum absolute atomic E-state index is 6.14. The van der Waals surface area contributed by atoms with Crippen molar-refractivity contribution in [3.63, 3.8) is 0 Å². The zero-order valence-corrected chi connectivity index (χ0v) is 9.16. The molecule has 2 N–H and O–H groups in total. The van der Waals surface area contributed by atoms with E-state index in [-0.39, 0.29) is 0 Å². The predicted molar refractivity (Wildman–Crippen MR) is 63.4 cm³/mol. The van der Waals surface area contributed by atoms with E-state index in [0.29, 0.717) is 11.6 Å². The second-order valence-corrected chi connectivity index (χ2v) is 4.11. The Balaban J connectivity index is 2.30. The van der Waals surface area contributed by atoms with Crippen LogP contribution in [0.25, 0.3) is 11.1 Å². The molecule has 2 aromatic rings. The van der Waals surface area contributed by atoms with Crippen LogP contribution >= 0.6 is 11.6 Å². The molecule has 1 aromatic heterocycles. The Hall–Kier alpha value is -1.74. The molecule has 1 aromatic carbocycles. The summed E-state index contributed by atoms with van der Waals surface area (Å²) in [6, 6.07) is 5.75. The van der Waals surface area contributed by atoms with Crippen LogP contribution in [-0.4, -0.2) is 4.98 Å². The largest absolute Gasteiger partial charge is 0.487 e. The smallest absolute Gasteiger partial charge is 0.147 e. The van der Waals surface area contributed by atoms with Crippen molar-refractivity contribution >= 4 is 17.3 Å². The average molecular weight is 233 g/mol. The van der Waals surface area contributed by atoms with Gasteiger partial charge in [-0.2, -0.15) is 0 Å². The van der Waals surface area contributed by atoms with Crippen LogP contribution in [0.4, 0.5) is 5.69 Å². The number of pyridine rings is 1. The number of hydrogen-bond donors (Lipinski definition) is 1. The third-order valence-corrected chi connectivity index (χ3v) is 2.93. The molecule has 1 aliphatic heterocycles. The molecule has 0 fully saturated rings. The average Bonchev–Trinajstić information content (AvgIpc) is 2.29. The molecule has 80 valence electrons. The highest BCUT2D eigenvalue weighted by Crippen LogP contribution is 2.41. The summed E-state index contributed by atoms with van der Waals surface area (Å²) in [5.74, 6) is 0.727. The van der Waals surface area contributed by atoms with Crippen molar-refractivity contribution in [1.82, 2.24) is 4.98 Å². The Morgan fingerprint density at radius 3 is 3.06 bits per heavy atom. The molecule has 0 saturated carbocycles. The maximum Gasteiger partial charge on any atom is 0.147 e. The van der Waals surface area contributed by atoms with Gasteiger partial charge in [0.15, 0.2) is 0 Å². The van der Waals surface area contributed by atoms with Crippen molar-refractivity contribution < 1.29 is 4.74 Å². The van der Waals surface area contributed by atoms with Gasteiger partial charge in [-0.1, -0.05) is 17.7 Å². The quantitative estimate of drug-likeness (QED) is 0.711. The molecule has 0 amide bonds. The molecule has 0 bridgehead atoms. The van der Waals surface area contributed by atoms with E-state index in [1.54, 1.807) is 12.4 Å². The molecule has 0 radical (unpaired) electrons. The van der Waals surface area contributed by atoms with Gasteiger partial charge in [0.05, 0.1) is 11.2 Å². The Morgan fingerprint density at radius 1 is 1.31 bits per heavy atom. The van der Waals surface area contributed by atoms with E-state index in [2.05, 4.69) is 4.98 Å². The van der Waals surface area contributed by atoms with Gasteiger partial charge in [0.2, 0.25) is 0 Å². The summed E-state index contributed by atoms with van der Waals surface area (Å²) >= 11 is 6.14. The first-order chi connectivity index (χ1) is 7.75. The second-order valence-electron chi connectivity index (χ2n) is 3.70. The van der Waals surface area contributed by atoms with E-state index in [4.69, 9.17) is 22.1 Å². The van der Waals surface area contributed by atoms with Crippen molar-refractivity contribution in [1.29, 1.82) is 0 Å². The topological polar surface area (TPSA) is 48.1 Å². The first kappa shape index (κ1) is 9.48.